The van der Waals surface area contributed by atoms with Crippen molar-refractivity contribution in [3.05, 3.63) is 83.4 Å². The number of anilines is 1. The number of ether oxygens (including phenoxy) is 1. The highest BCUT2D eigenvalue weighted by Crippen LogP contribution is 2.45. The van der Waals surface area contributed by atoms with Crippen LogP contribution in [0.1, 0.15) is 24.8 Å². The maximum Gasteiger partial charge on any atom is 0.341 e. The van der Waals surface area contributed by atoms with E-state index in [9.17, 15) is 9.59 Å². The fraction of sp³-hybridized carbons (Fsp3) is 0.200. The minimum absolute atomic E-state index is 0.00811. The molecule has 5 nitrogen and oxygen atoms in total. The summed E-state index contributed by atoms with van der Waals surface area (Å²) in [5, 5.41) is 12.4. The number of halogens is 1. The van der Waals surface area contributed by atoms with Crippen molar-refractivity contribution in [1.29, 1.82) is 0 Å². The lowest BCUT2D eigenvalue weighted by Crippen LogP contribution is -2.45. The maximum atomic E-state index is 13.1. The minimum Gasteiger partial charge on any atom is -0.482 e. The average Bonchev–Trinajstić information content (AvgIpc) is 2.74. The lowest BCUT2D eigenvalue weighted by molar-refractivity contribution is -0.139. The normalized spacial score (nSPS) is 14.4. The van der Waals surface area contributed by atoms with Crippen LogP contribution in [-0.2, 0) is 15.0 Å². The number of carbonyl (C=O) groups excluding carboxylic acids is 1. The number of aliphatic carboxylic acids is 1. The second-order valence-electron chi connectivity index (χ2n) is 7.68. The Balaban J connectivity index is 1.44. The molecule has 1 aliphatic carbocycles. The van der Waals surface area contributed by atoms with E-state index < -0.39 is 11.4 Å². The topological polar surface area (TPSA) is 75.6 Å². The molecule has 0 saturated heterocycles. The van der Waals surface area contributed by atoms with Gasteiger partial charge in [-0.15, -0.1) is 0 Å². The van der Waals surface area contributed by atoms with E-state index in [0.29, 0.717) is 10.8 Å². The van der Waals surface area contributed by atoms with Gasteiger partial charge in [-0.3, -0.25) is 4.79 Å². The van der Waals surface area contributed by atoms with E-state index >= 15 is 0 Å². The molecule has 0 atom stereocenters. The molecular formula is C25H22ClNO4. The molecule has 1 saturated carbocycles. The number of carbonyl (C=O) groups is 2. The zero-order valence-corrected chi connectivity index (χ0v) is 17.6. The molecule has 3 aromatic carbocycles. The Morgan fingerprint density at radius 3 is 2.00 bits per heavy atom. The molecule has 1 aliphatic rings. The number of amides is 1. The van der Waals surface area contributed by atoms with Gasteiger partial charge in [0.05, 0.1) is 5.41 Å². The van der Waals surface area contributed by atoms with Crippen molar-refractivity contribution in [2.75, 3.05) is 11.9 Å². The Hall–Kier alpha value is -3.31. The van der Waals surface area contributed by atoms with Crippen molar-refractivity contribution in [3.8, 4) is 16.9 Å². The van der Waals surface area contributed by atoms with Crippen molar-refractivity contribution in [3.63, 3.8) is 0 Å². The third kappa shape index (κ3) is 4.57. The molecular weight excluding hydrogens is 414 g/mol. The van der Waals surface area contributed by atoms with Gasteiger partial charge in [0, 0.05) is 10.7 Å². The molecule has 1 fully saturated rings. The summed E-state index contributed by atoms with van der Waals surface area (Å²) in [5.41, 5.74) is 3.21. The third-order valence-corrected chi connectivity index (χ3v) is 5.98. The lowest BCUT2D eigenvalue weighted by Gasteiger charge is -2.40. The van der Waals surface area contributed by atoms with Gasteiger partial charge in [-0.25, -0.2) is 4.79 Å². The van der Waals surface area contributed by atoms with Crippen LogP contribution in [0.4, 0.5) is 5.69 Å². The number of hydrogen-bond donors (Lipinski definition) is 2. The maximum absolute atomic E-state index is 13.1. The van der Waals surface area contributed by atoms with E-state index in [1.807, 2.05) is 60.7 Å². The van der Waals surface area contributed by atoms with Crippen LogP contribution in [0, 0.1) is 0 Å². The van der Waals surface area contributed by atoms with E-state index in [4.69, 9.17) is 21.4 Å². The van der Waals surface area contributed by atoms with Gasteiger partial charge in [0.1, 0.15) is 5.75 Å². The SMILES string of the molecule is O=C(O)COc1ccc(-c2ccc(NC(=O)C3(c4ccc(Cl)cc4)CCC3)cc2)cc1. The highest BCUT2D eigenvalue weighted by Gasteiger charge is 2.45. The summed E-state index contributed by atoms with van der Waals surface area (Å²) >= 11 is 6.00. The van der Waals surface area contributed by atoms with E-state index in [1.54, 1.807) is 12.1 Å². The first-order valence-electron chi connectivity index (χ1n) is 10.1. The van der Waals surface area contributed by atoms with Crippen molar-refractivity contribution in [1.82, 2.24) is 0 Å². The quantitative estimate of drug-likeness (QED) is 0.511. The number of hydrogen-bond acceptors (Lipinski definition) is 3. The third-order valence-electron chi connectivity index (χ3n) is 5.73. The highest BCUT2D eigenvalue weighted by atomic mass is 35.5. The fourth-order valence-corrected chi connectivity index (χ4v) is 3.96. The molecule has 0 heterocycles. The summed E-state index contributed by atoms with van der Waals surface area (Å²) in [5.74, 6) is -0.502. The van der Waals surface area contributed by atoms with Crippen LogP contribution in [0.5, 0.6) is 5.75 Å². The zero-order valence-electron chi connectivity index (χ0n) is 16.8. The van der Waals surface area contributed by atoms with Crippen LogP contribution in [0.2, 0.25) is 5.02 Å². The first kappa shape index (κ1) is 20.9. The largest absolute Gasteiger partial charge is 0.482 e. The van der Waals surface area contributed by atoms with E-state index in [0.717, 1.165) is 41.6 Å². The van der Waals surface area contributed by atoms with Crippen LogP contribution >= 0.6 is 11.6 Å². The second-order valence-corrected chi connectivity index (χ2v) is 8.12. The Morgan fingerprint density at radius 2 is 1.48 bits per heavy atom. The minimum atomic E-state index is -1.01. The van der Waals surface area contributed by atoms with Gasteiger partial charge in [-0.1, -0.05) is 54.4 Å². The van der Waals surface area contributed by atoms with Crippen LogP contribution in [0.25, 0.3) is 11.1 Å². The number of benzene rings is 3. The van der Waals surface area contributed by atoms with Crippen molar-refractivity contribution in [2.24, 2.45) is 0 Å². The van der Waals surface area contributed by atoms with Crippen LogP contribution in [0.3, 0.4) is 0 Å². The first-order valence-corrected chi connectivity index (χ1v) is 10.5. The van der Waals surface area contributed by atoms with Crippen molar-refractivity contribution < 1.29 is 19.4 Å². The summed E-state index contributed by atoms with van der Waals surface area (Å²) in [7, 11) is 0. The van der Waals surface area contributed by atoms with Gasteiger partial charge in [0.25, 0.3) is 0 Å². The summed E-state index contributed by atoms with van der Waals surface area (Å²) in [4.78, 5) is 23.7. The van der Waals surface area contributed by atoms with Crippen LogP contribution < -0.4 is 10.1 Å². The second kappa shape index (κ2) is 8.82. The van der Waals surface area contributed by atoms with E-state index in [-0.39, 0.29) is 12.5 Å². The molecule has 2 N–H and O–H groups in total. The predicted octanol–water partition coefficient (Wildman–Crippen LogP) is 5.53. The molecule has 0 unspecified atom stereocenters. The Labute approximate surface area is 185 Å². The summed E-state index contributed by atoms with van der Waals surface area (Å²) in [6, 6.07) is 22.4. The zero-order chi connectivity index (χ0) is 21.8. The van der Waals surface area contributed by atoms with E-state index in [2.05, 4.69) is 5.32 Å². The number of rotatable bonds is 7. The summed E-state index contributed by atoms with van der Waals surface area (Å²) < 4.78 is 5.16. The molecule has 31 heavy (non-hydrogen) atoms. The standard InChI is InChI=1S/C25H22ClNO4/c26-20-8-6-19(7-9-20)25(14-1-15-25)24(30)27-21-10-2-17(3-11-21)18-4-12-22(13-5-18)31-16-23(28)29/h2-13H,1,14-16H2,(H,27,30)(H,28,29). The number of carboxylic acid groups (broad SMARTS) is 1. The smallest absolute Gasteiger partial charge is 0.341 e. The molecule has 4 rings (SSSR count). The molecule has 1 amide bonds. The molecule has 0 aliphatic heterocycles. The van der Waals surface area contributed by atoms with Gasteiger partial charge in [-0.05, 0) is 65.9 Å². The molecule has 3 aromatic rings. The molecule has 6 heteroatoms. The Morgan fingerprint density at radius 1 is 0.903 bits per heavy atom. The fourth-order valence-electron chi connectivity index (χ4n) is 3.83. The summed E-state index contributed by atoms with van der Waals surface area (Å²) in [6.07, 6.45) is 2.69. The summed E-state index contributed by atoms with van der Waals surface area (Å²) in [6.45, 7) is -0.370. The van der Waals surface area contributed by atoms with Gasteiger partial charge in [0.15, 0.2) is 6.61 Å². The Kier molecular flexibility index (Phi) is 5.96. The average molecular weight is 436 g/mol. The molecule has 0 radical (unpaired) electrons. The van der Waals surface area contributed by atoms with Crippen molar-refractivity contribution in [2.45, 2.75) is 24.7 Å². The molecule has 0 bridgehead atoms. The predicted molar refractivity (Wildman–Crippen MR) is 121 cm³/mol. The van der Waals surface area contributed by atoms with Gasteiger partial charge >= 0.3 is 5.97 Å². The number of nitrogens with one attached hydrogen (secondary N) is 1. The monoisotopic (exact) mass is 435 g/mol. The number of carboxylic acids is 1. The highest BCUT2D eigenvalue weighted by molar-refractivity contribution is 6.30. The van der Waals surface area contributed by atoms with E-state index in [1.165, 1.54) is 0 Å². The van der Waals surface area contributed by atoms with Gasteiger partial charge in [0.2, 0.25) is 5.91 Å². The van der Waals surface area contributed by atoms with Crippen LogP contribution in [-0.4, -0.2) is 23.6 Å². The van der Waals surface area contributed by atoms with Gasteiger partial charge < -0.3 is 15.2 Å². The van der Waals surface area contributed by atoms with Crippen LogP contribution in [0.15, 0.2) is 72.8 Å². The Bertz CT molecular complexity index is 1070. The molecule has 158 valence electrons. The van der Waals surface area contributed by atoms with Gasteiger partial charge in [-0.2, -0.15) is 0 Å². The first-order chi connectivity index (χ1) is 15.0. The van der Waals surface area contributed by atoms with Crippen molar-refractivity contribution >= 4 is 29.2 Å². The molecule has 0 aromatic heterocycles. The molecule has 0 spiro atoms. The lowest BCUT2D eigenvalue weighted by atomic mass is 9.64.